The van der Waals surface area contributed by atoms with Gasteiger partial charge in [0.25, 0.3) is 0 Å². The van der Waals surface area contributed by atoms with Crippen molar-refractivity contribution in [2.24, 2.45) is 0 Å². The predicted octanol–water partition coefficient (Wildman–Crippen LogP) is 2.66. The third-order valence-electron chi connectivity index (χ3n) is 2.47. The first-order chi connectivity index (χ1) is 9.53. The number of fused-ring (bicyclic) bond motifs is 1. The molecule has 5 nitrogen and oxygen atoms in total. The maximum atomic E-state index is 11.9. The molecule has 0 aliphatic heterocycles. The average Bonchev–Trinajstić information content (AvgIpc) is 2.81. The molecule has 0 spiro atoms. The van der Waals surface area contributed by atoms with E-state index in [0.717, 1.165) is 16.8 Å². The van der Waals surface area contributed by atoms with E-state index < -0.39 is 0 Å². The van der Waals surface area contributed by atoms with Gasteiger partial charge in [0.05, 0.1) is 24.7 Å². The molecule has 2 aromatic rings. The highest BCUT2D eigenvalue weighted by molar-refractivity contribution is 5.91. The summed E-state index contributed by atoms with van der Waals surface area (Å²) < 4.78 is 6.68. The monoisotopic (exact) mass is 277 g/mol. The molecule has 2 rings (SSSR count). The number of carbonyl (C=O) groups is 1. The van der Waals surface area contributed by atoms with E-state index in [4.69, 9.17) is 4.74 Å². The van der Waals surface area contributed by atoms with Gasteiger partial charge in [-0.05, 0) is 26.2 Å². The van der Waals surface area contributed by atoms with E-state index in [0.29, 0.717) is 6.54 Å². The zero-order valence-electron chi connectivity index (χ0n) is 12.9. The quantitative estimate of drug-likeness (QED) is 0.865. The lowest BCUT2D eigenvalue weighted by atomic mass is 10.3. The lowest BCUT2D eigenvalue weighted by Gasteiger charge is -2.09. The lowest BCUT2D eigenvalue weighted by Crippen LogP contribution is -2.25. The fraction of sp³-hybridized carbons (Fsp3) is 0.467. The van der Waals surface area contributed by atoms with E-state index in [9.17, 15) is 4.79 Å². The SMILES string of the molecule is CCC.COc1ccc2c(c1)ncn2C(=O)CN(C)C. The number of nitrogens with zero attached hydrogens (tertiary/aromatic N) is 3. The first kappa shape index (κ1) is 16.2. The van der Waals surface area contributed by atoms with Crippen LogP contribution in [0.15, 0.2) is 24.5 Å². The van der Waals surface area contributed by atoms with Crippen LogP contribution in [0.3, 0.4) is 0 Å². The van der Waals surface area contributed by atoms with Crippen molar-refractivity contribution in [1.29, 1.82) is 0 Å². The molecule has 0 saturated heterocycles. The molecule has 0 N–H and O–H groups in total. The second kappa shape index (κ2) is 7.65. The Labute approximate surface area is 120 Å². The van der Waals surface area contributed by atoms with Crippen molar-refractivity contribution in [2.75, 3.05) is 27.7 Å². The molecular formula is C15H23N3O2. The van der Waals surface area contributed by atoms with Crippen molar-refractivity contribution < 1.29 is 9.53 Å². The van der Waals surface area contributed by atoms with Crippen LogP contribution in [0.1, 0.15) is 25.1 Å². The molecule has 0 aliphatic carbocycles. The topological polar surface area (TPSA) is 47.4 Å². The van der Waals surface area contributed by atoms with E-state index in [1.54, 1.807) is 18.0 Å². The molecule has 0 amide bonds. The van der Waals surface area contributed by atoms with E-state index in [1.165, 1.54) is 6.42 Å². The minimum absolute atomic E-state index is 0.00247. The second-order valence-electron chi connectivity index (χ2n) is 4.81. The summed E-state index contributed by atoms with van der Waals surface area (Å²) in [6.45, 7) is 4.61. The number of ether oxygens (including phenoxy) is 1. The Hall–Kier alpha value is -1.88. The van der Waals surface area contributed by atoms with E-state index >= 15 is 0 Å². The minimum Gasteiger partial charge on any atom is -0.497 e. The summed E-state index contributed by atoms with van der Waals surface area (Å²) in [6, 6.07) is 5.48. The molecule has 0 unspecified atom stereocenters. The van der Waals surface area contributed by atoms with Gasteiger partial charge in [0.15, 0.2) is 0 Å². The molecule has 0 saturated carbocycles. The number of aromatic nitrogens is 2. The number of likely N-dealkylation sites (N-methyl/N-ethyl adjacent to an activating group) is 1. The standard InChI is InChI=1S/C12H15N3O2.C3H8/c1-14(2)7-12(16)15-8-13-10-6-9(17-3)4-5-11(10)15;1-3-2/h4-6,8H,7H2,1-3H3;3H2,1-2H3. The van der Waals surface area contributed by atoms with Gasteiger partial charge < -0.3 is 9.64 Å². The van der Waals surface area contributed by atoms with Gasteiger partial charge in [-0.1, -0.05) is 20.3 Å². The molecule has 1 aromatic carbocycles. The highest BCUT2D eigenvalue weighted by atomic mass is 16.5. The Morgan fingerprint density at radius 2 is 2.00 bits per heavy atom. The molecule has 20 heavy (non-hydrogen) atoms. The van der Waals surface area contributed by atoms with Crippen LogP contribution >= 0.6 is 0 Å². The summed E-state index contributed by atoms with van der Waals surface area (Å²) in [6.07, 6.45) is 2.80. The van der Waals surface area contributed by atoms with Crippen LogP contribution in [0.4, 0.5) is 0 Å². The van der Waals surface area contributed by atoms with Crippen molar-refractivity contribution in [3.63, 3.8) is 0 Å². The molecule has 0 bridgehead atoms. The zero-order valence-corrected chi connectivity index (χ0v) is 12.9. The Bertz CT molecular complexity index is 561. The summed E-state index contributed by atoms with van der Waals surface area (Å²) in [5.74, 6) is 0.741. The fourth-order valence-electron chi connectivity index (χ4n) is 1.66. The molecular weight excluding hydrogens is 254 g/mol. The number of rotatable bonds is 3. The van der Waals surface area contributed by atoms with Crippen LogP contribution in [-0.4, -0.2) is 48.1 Å². The van der Waals surface area contributed by atoms with Gasteiger partial charge in [0.2, 0.25) is 5.91 Å². The van der Waals surface area contributed by atoms with Gasteiger partial charge >= 0.3 is 0 Å². The number of methoxy groups -OCH3 is 1. The van der Waals surface area contributed by atoms with Crippen LogP contribution in [-0.2, 0) is 0 Å². The Morgan fingerprint density at radius 1 is 1.35 bits per heavy atom. The lowest BCUT2D eigenvalue weighted by molar-refractivity contribution is 0.0881. The average molecular weight is 277 g/mol. The second-order valence-corrected chi connectivity index (χ2v) is 4.81. The maximum absolute atomic E-state index is 11.9. The van der Waals surface area contributed by atoms with Crippen LogP contribution < -0.4 is 4.74 Å². The first-order valence-corrected chi connectivity index (χ1v) is 6.72. The number of benzene rings is 1. The van der Waals surface area contributed by atoms with Crippen molar-refractivity contribution in [1.82, 2.24) is 14.5 Å². The first-order valence-electron chi connectivity index (χ1n) is 6.72. The van der Waals surface area contributed by atoms with Crippen LogP contribution in [0, 0.1) is 0 Å². The largest absolute Gasteiger partial charge is 0.497 e. The van der Waals surface area contributed by atoms with Gasteiger partial charge in [-0.3, -0.25) is 9.36 Å². The number of carbonyl (C=O) groups excluding carboxylic acids is 1. The van der Waals surface area contributed by atoms with Crippen LogP contribution in [0.5, 0.6) is 5.75 Å². The van der Waals surface area contributed by atoms with Crippen LogP contribution in [0.25, 0.3) is 11.0 Å². The summed E-state index contributed by atoms with van der Waals surface area (Å²) >= 11 is 0. The molecule has 0 radical (unpaired) electrons. The van der Waals surface area contributed by atoms with E-state index in [2.05, 4.69) is 18.8 Å². The predicted molar refractivity (Wildman–Crippen MR) is 81.4 cm³/mol. The van der Waals surface area contributed by atoms with E-state index in [-0.39, 0.29) is 5.91 Å². The molecule has 1 aromatic heterocycles. The number of hydrogen-bond donors (Lipinski definition) is 0. The Kier molecular flexibility index (Phi) is 6.18. The van der Waals surface area contributed by atoms with Gasteiger partial charge in [-0.15, -0.1) is 0 Å². The maximum Gasteiger partial charge on any atom is 0.246 e. The highest BCUT2D eigenvalue weighted by Gasteiger charge is 2.11. The third-order valence-corrected chi connectivity index (χ3v) is 2.47. The molecule has 0 fully saturated rings. The number of imidazole rings is 1. The van der Waals surface area contributed by atoms with Gasteiger partial charge in [-0.25, -0.2) is 4.98 Å². The molecule has 0 aliphatic rings. The third kappa shape index (κ3) is 4.06. The van der Waals surface area contributed by atoms with Crippen molar-refractivity contribution in [3.05, 3.63) is 24.5 Å². The smallest absolute Gasteiger partial charge is 0.246 e. The van der Waals surface area contributed by atoms with Crippen molar-refractivity contribution in [2.45, 2.75) is 20.3 Å². The molecule has 1 heterocycles. The highest BCUT2D eigenvalue weighted by Crippen LogP contribution is 2.19. The molecule has 5 heteroatoms. The fourth-order valence-corrected chi connectivity index (χ4v) is 1.66. The summed E-state index contributed by atoms with van der Waals surface area (Å²) in [5, 5.41) is 0. The van der Waals surface area contributed by atoms with Crippen LogP contribution in [0.2, 0.25) is 0 Å². The zero-order chi connectivity index (χ0) is 15.1. The Morgan fingerprint density at radius 3 is 2.55 bits per heavy atom. The van der Waals surface area contributed by atoms with E-state index in [1.807, 2.05) is 37.2 Å². The van der Waals surface area contributed by atoms with Crippen molar-refractivity contribution >= 4 is 16.9 Å². The van der Waals surface area contributed by atoms with Gasteiger partial charge in [-0.2, -0.15) is 0 Å². The minimum atomic E-state index is 0.00247. The van der Waals surface area contributed by atoms with Gasteiger partial charge in [0, 0.05) is 6.07 Å². The molecule has 110 valence electrons. The van der Waals surface area contributed by atoms with Gasteiger partial charge in [0.1, 0.15) is 12.1 Å². The normalized spacial score (nSPS) is 10.3. The summed E-state index contributed by atoms with van der Waals surface area (Å²) in [7, 11) is 5.33. The Balaban J connectivity index is 0.000000612. The molecule has 0 atom stereocenters. The summed E-state index contributed by atoms with van der Waals surface area (Å²) in [4.78, 5) is 18.0. The van der Waals surface area contributed by atoms with Crippen molar-refractivity contribution in [3.8, 4) is 5.75 Å². The number of hydrogen-bond acceptors (Lipinski definition) is 4. The summed E-state index contributed by atoms with van der Waals surface area (Å²) in [5.41, 5.74) is 1.56.